The number of alkyl halides is 6. The average molecular weight is 423 g/mol. The summed E-state index contributed by atoms with van der Waals surface area (Å²) in [6.07, 6.45) is -8.57. The van der Waals surface area contributed by atoms with Gasteiger partial charge in [-0.15, -0.1) is 12.1 Å². The van der Waals surface area contributed by atoms with E-state index in [1.54, 1.807) is 13.8 Å². The molecular formula is C14H26CoF6N4-4. The largest absolute Gasteiger partial charge is 0.663 e. The summed E-state index contributed by atoms with van der Waals surface area (Å²) in [5.74, 6) is 0. The van der Waals surface area contributed by atoms with Gasteiger partial charge in [0.15, 0.2) is 0 Å². The van der Waals surface area contributed by atoms with E-state index >= 15 is 0 Å². The molecule has 0 amide bonds. The first-order chi connectivity index (χ1) is 10.8. The van der Waals surface area contributed by atoms with E-state index in [1.807, 2.05) is 0 Å². The van der Waals surface area contributed by atoms with Crippen molar-refractivity contribution >= 4 is 0 Å². The summed E-state index contributed by atoms with van der Waals surface area (Å²) in [6, 6.07) is -3.73. The van der Waals surface area contributed by atoms with Crippen LogP contribution < -0.4 is 0 Å². The Morgan fingerprint density at radius 1 is 0.600 bits per heavy atom. The Morgan fingerprint density at radius 2 is 0.840 bits per heavy atom. The van der Waals surface area contributed by atoms with E-state index < -0.39 is 24.4 Å². The number of nitrogens with zero attached hydrogens (tertiary/aromatic N) is 4. The Hall–Kier alpha value is -0.0735. The van der Waals surface area contributed by atoms with Crippen LogP contribution in [0.15, 0.2) is 0 Å². The molecule has 0 heterocycles. The second-order valence-corrected chi connectivity index (χ2v) is 5.32. The number of halogens is 6. The zero-order valence-corrected chi connectivity index (χ0v) is 16.2. The molecule has 1 radical (unpaired) electrons. The zero-order valence-electron chi connectivity index (χ0n) is 15.1. The molecule has 0 aliphatic carbocycles. The predicted octanol–water partition coefficient (Wildman–Crippen LogP) is 5.40. The second kappa shape index (κ2) is 14.0. The van der Waals surface area contributed by atoms with E-state index in [1.165, 1.54) is 28.2 Å². The minimum absolute atomic E-state index is 0. The SMILES string of the molecule is C[N-]C(C)CC([N-]C)C(F)(F)F.C[N-]C(C)CC([N-]C)C(F)(F)F.[Co]. The monoisotopic (exact) mass is 423 g/mol. The molecule has 0 saturated carbocycles. The van der Waals surface area contributed by atoms with Gasteiger partial charge >= 0.3 is 12.4 Å². The van der Waals surface area contributed by atoms with Gasteiger partial charge < -0.3 is 21.3 Å². The Labute approximate surface area is 156 Å². The number of hydrogen-bond acceptors (Lipinski definition) is 0. The summed E-state index contributed by atoms with van der Waals surface area (Å²) in [6.45, 7) is 3.29. The van der Waals surface area contributed by atoms with Crippen LogP contribution in [-0.4, -0.2) is 64.7 Å². The van der Waals surface area contributed by atoms with E-state index in [0.29, 0.717) is 0 Å². The van der Waals surface area contributed by atoms with Gasteiger partial charge in [-0.05, 0) is 12.1 Å². The van der Waals surface area contributed by atoms with Gasteiger partial charge in [-0.3, -0.25) is 0 Å². The number of hydrogen-bond donors (Lipinski definition) is 0. The minimum Gasteiger partial charge on any atom is -0.663 e. The third kappa shape index (κ3) is 14.7. The third-order valence-electron chi connectivity index (χ3n) is 3.39. The summed E-state index contributed by atoms with van der Waals surface area (Å²) in [4.78, 5) is 0. The Balaban J connectivity index is -0.000000372. The first kappa shape index (κ1) is 29.7. The van der Waals surface area contributed by atoms with Crippen LogP contribution in [0, 0.1) is 0 Å². The fourth-order valence-corrected chi connectivity index (χ4v) is 1.63. The van der Waals surface area contributed by atoms with Gasteiger partial charge in [0.25, 0.3) is 0 Å². The Kier molecular flexibility index (Phi) is 16.7. The van der Waals surface area contributed by atoms with Crippen LogP contribution in [0.1, 0.15) is 26.7 Å². The molecule has 0 fully saturated rings. The first-order valence-electron chi connectivity index (χ1n) is 7.32. The molecule has 0 aliphatic heterocycles. The smallest absolute Gasteiger partial charge is 0.373 e. The maximum Gasteiger partial charge on any atom is 0.373 e. The summed E-state index contributed by atoms with van der Waals surface area (Å²) in [5.41, 5.74) is 0. The maximum absolute atomic E-state index is 12.1. The molecule has 0 N–H and O–H groups in total. The molecule has 0 aliphatic rings. The van der Waals surface area contributed by atoms with Crippen LogP contribution in [0.5, 0.6) is 0 Å². The number of rotatable bonds is 8. The minimum atomic E-state index is -4.23. The molecule has 0 saturated heterocycles. The van der Waals surface area contributed by atoms with E-state index in [9.17, 15) is 26.3 Å². The van der Waals surface area contributed by atoms with E-state index in [4.69, 9.17) is 0 Å². The first-order valence-corrected chi connectivity index (χ1v) is 7.32. The molecule has 0 rings (SSSR count). The van der Waals surface area contributed by atoms with Gasteiger partial charge in [0.2, 0.25) is 0 Å². The van der Waals surface area contributed by atoms with Crippen molar-refractivity contribution in [1.29, 1.82) is 0 Å². The van der Waals surface area contributed by atoms with Crippen molar-refractivity contribution in [2.75, 3.05) is 28.2 Å². The fraction of sp³-hybridized carbons (Fsp3) is 1.00. The molecular weight excluding hydrogens is 397 g/mol. The van der Waals surface area contributed by atoms with E-state index in [0.717, 1.165) is 0 Å². The van der Waals surface area contributed by atoms with Crippen LogP contribution >= 0.6 is 0 Å². The summed E-state index contributed by atoms with van der Waals surface area (Å²) in [7, 11) is 5.38. The molecule has 0 spiro atoms. The summed E-state index contributed by atoms with van der Waals surface area (Å²) < 4.78 is 72.5. The molecule has 4 atom stereocenters. The summed E-state index contributed by atoms with van der Waals surface area (Å²) in [5, 5.41) is 14.0. The average Bonchev–Trinajstić information content (AvgIpc) is 2.47. The Morgan fingerprint density at radius 3 is 0.960 bits per heavy atom. The van der Waals surface area contributed by atoms with Gasteiger partial charge in [0, 0.05) is 16.8 Å². The van der Waals surface area contributed by atoms with Crippen molar-refractivity contribution in [3.05, 3.63) is 21.3 Å². The van der Waals surface area contributed by atoms with Crippen LogP contribution in [0.2, 0.25) is 0 Å². The van der Waals surface area contributed by atoms with Gasteiger partial charge in [0.1, 0.15) is 0 Å². The molecule has 11 heteroatoms. The normalized spacial score (nSPS) is 16.8. The van der Waals surface area contributed by atoms with Crippen molar-refractivity contribution in [1.82, 2.24) is 0 Å². The van der Waals surface area contributed by atoms with Crippen molar-refractivity contribution in [2.24, 2.45) is 0 Å². The Bertz CT molecular complexity index is 285. The molecule has 4 unspecified atom stereocenters. The van der Waals surface area contributed by atoms with Crippen LogP contribution in [-0.2, 0) is 16.8 Å². The van der Waals surface area contributed by atoms with Crippen molar-refractivity contribution in [3.63, 3.8) is 0 Å². The van der Waals surface area contributed by atoms with Crippen molar-refractivity contribution in [3.8, 4) is 0 Å². The van der Waals surface area contributed by atoms with Crippen molar-refractivity contribution in [2.45, 2.75) is 63.2 Å². The van der Waals surface area contributed by atoms with Crippen LogP contribution in [0.4, 0.5) is 26.3 Å². The molecule has 4 nitrogen and oxygen atoms in total. The second-order valence-electron chi connectivity index (χ2n) is 5.32. The quantitative estimate of drug-likeness (QED) is 0.470. The molecule has 25 heavy (non-hydrogen) atoms. The van der Waals surface area contributed by atoms with Gasteiger partial charge in [-0.2, -0.15) is 54.5 Å². The van der Waals surface area contributed by atoms with Crippen molar-refractivity contribution < 1.29 is 43.1 Å². The zero-order chi connectivity index (χ0) is 19.6. The van der Waals surface area contributed by atoms with Crippen LogP contribution in [0.3, 0.4) is 0 Å². The topological polar surface area (TPSA) is 56.4 Å². The fourth-order valence-electron chi connectivity index (χ4n) is 1.63. The summed E-state index contributed by atoms with van der Waals surface area (Å²) >= 11 is 0. The molecule has 157 valence electrons. The molecule has 0 aromatic rings. The maximum atomic E-state index is 12.1. The van der Waals surface area contributed by atoms with Gasteiger partial charge in [-0.25, -0.2) is 0 Å². The third-order valence-corrected chi connectivity index (χ3v) is 3.39. The van der Waals surface area contributed by atoms with E-state index in [-0.39, 0.29) is 41.7 Å². The van der Waals surface area contributed by atoms with Gasteiger partial charge in [-0.1, -0.05) is 26.7 Å². The van der Waals surface area contributed by atoms with E-state index in [2.05, 4.69) is 21.3 Å². The van der Waals surface area contributed by atoms with Gasteiger partial charge in [0.05, 0.1) is 0 Å². The molecule has 0 bridgehead atoms. The standard InChI is InChI=1S/2C7H13F3N2.Co/c2*1-5(11-2)4-6(12-3)7(8,9)10;/h2*5-6H,4H2,1-3H3;/q2*-2;. The van der Waals surface area contributed by atoms with Crippen LogP contribution in [0.25, 0.3) is 21.3 Å². The molecule has 0 aromatic heterocycles. The molecule has 0 aromatic carbocycles. The predicted molar refractivity (Wildman–Crippen MR) is 85.0 cm³/mol.